The van der Waals surface area contributed by atoms with Gasteiger partial charge in [-0.05, 0) is 0 Å². The molecule has 186 valence electrons. The average Bonchev–Trinajstić information content (AvgIpc) is 2.59. The molecular formula is C10HI19O2. The van der Waals surface area contributed by atoms with Gasteiger partial charge in [0.25, 0.3) is 0 Å². The minimum Gasteiger partial charge on any atom is -0.393 e. The minimum absolute atomic E-state index is 0.00430. The first-order valence-electron chi connectivity index (χ1n) is 6.31. The smallest absolute Gasteiger partial charge is 0.343 e. The van der Waals surface area contributed by atoms with Crippen molar-refractivity contribution in [3.8, 4) is 0 Å². The third-order valence-corrected chi connectivity index (χ3v) is 64.2. The molecule has 0 aromatic heterocycles. The molecule has 0 aromatic rings. The summed E-state index contributed by atoms with van der Waals surface area (Å²) in [6.07, 6.45) is 0. The second kappa shape index (κ2) is 16.6. The van der Waals surface area contributed by atoms with Gasteiger partial charge in [0.05, 0.1) is 1.93 Å². The van der Waals surface area contributed by atoms with E-state index in [2.05, 4.69) is 407 Å². The molecule has 0 spiro atoms. The molecule has 0 fully saturated rings. The van der Waals surface area contributed by atoms with E-state index in [0.717, 1.165) is 0 Å². The van der Waals surface area contributed by atoms with Crippen LogP contribution >= 0.6 is 430 Å². The van der Waals surface area contributed by atoms with E-state index in [1.165, 1.54) is 0 Å². The maximum Gasteiger partial charge on any atom is 0.343 e. The highest BCUT2D eigenvalue weighted by molar-refractivity contribution is 14.2. The zero-order valence-corrected chi connectivity index (χ0v) is 54.1. The predicted octanol–water partition coefficient (Wildman–Crippen LogP) is 14.6. The summed E-state index contributed by atoms with van der Waals surface area (Å²) in [7, 11) is 0. The topological polar surface area (TPSA) is 26.3 Å². The third-order valence-electron chi connectivity index (χ3n) is 3.39. The first-order chi connectivity index (χ1) is 13.2. The molecule has 31 heavy (non-hydrogen) atoms. The minimum atomic E-state index is -0.755. The Labute approximate surface area is 442 Å². The van der Waals surface area contributed by atoms with Crippen LogP contribution in [0, 0.1) is 0 Å². The van der Waals surface area contributed by atoms with Crippen molar-refractivity contribution in [2.45, 2.75) is 13.4 Å². The van der Waals surface area contributed by atoms with Gasteiger partial charge in [-0.25, -0.2) is 4.79 Å². The summed E-state index contributed by atoms with van der Waals surface area (Å²) in [6.45, 7) is 0. The van der Waals surface area contributed by atoms with Gasteiger partial charge in [0.2, 0.25) is 0 Å². The Morgan fingerprint density at radius 2 is 0.774 bits per heavy atom. The molecule has 0 atom stereocenters. The number of carbonyl (C=O) groups excluding carboxylic acids is 1. The summed E-state index contributed by atoms with van der Waals surface area (Å²) < 4.78 is 3.31. The van der Waals surface area contributed by atoms with Crippen molar-refractivity contribution in [1.29, 1.82) is 0 Å². The monoisotopic (exact) mass is 2560 g/mol. The Hall–Kier alpha value is 13.3. The number of halogens is 19. The van der Waals surface area contributed by atoms with E-state index in [1.807, 2.05) is 0 Å². The molecule has 0 rings (SSSR count). The molecule has 0 heterocycles. The fourth-order valence-electron chi connectivity index (χ4n) is 1.51. The summed E-state index contributed by atoms with van der Waals surface area (Å²) in [4.78, 5) is 12.8. The Kier molecular flexibility index (Phi) is 23.8. The molecule has 0 bridgehead atoms. The van der Waals surface area contributed by atoms with Crippen molar-refractivity contribution in [3.63, 3.8) is 0 Å². The lowest BCUT2D eigenvalue weighted by atomic mass is 10.1. The van der Waals surface area contributed by atoms with Crippen LogP contribution in [0.3, 0.4) is 0 Å². The van der Waals surface area contributed by atoms with Gasteiger partial charge in [-0.15, -0.1) is 0 Å². The molecule has 0 aromatic carbocycles. The summed E-state index contributed by atoms with van der Waals surface area (Å²) in [5.41, 5.74) is 0. The average molecular weight is 2560 g/mol. The second-order valence-corrected chi connectivity index (χ2v) is 53.2. The molecule has 0 aliphatic carbocycles. The Morgan fingerprint density at radius 1 is 0.516 bits per heavy atom. The third kappa shape index (κ3) is 9.08. The molecule has 21 heteroatoms. The highest BCUT2D eigenvalue weighted by Gasteiger charge is 2.78. The fourth-order valence-corrected chi connectivity index (χ4v) is 29.4. The number of alkyl halides is 18. The van der Waals surface area contributed by atoms with Gasteiger partial charge in [0, 0.05) is 0 Å². The lowest BCUT2D eigenvalue weighted by Crippen LogP contribution is -2.68. The van der Waals surface area contributed by atoms with Crippen LogP contribution in [-0.2, 0) is 7.86 Å². The van der Waals surface area contributed by atoms with Crippen LogP contribution in [0.4, 0.5) is 0 Å². The molecular weight excluding hydrogens is 2560 g/mol. The maximum atomic E-state index is 12.8. The van der Waals surface area contributed by atoms with Gasteiger partial charge < -0.3 is 3.07 Å². The van der Waals surface area contributed by atoms with Crippen LogP contribution in [0.25, 0.3) is 0 Å². The number of rotatable bonds is 9. The van der Waals surface area contributed by atoms with Crippen LogP contribution in [0.1, 0.15) is 0 Å². The van der Waals surface area contributed by atoms with E-state index >= 15 is 0 Å². The molecule has 0 saturated heterocycles. The van der Waals surface area contributed by atoms with Gasteiger partial charge in [-0.2, -0.15) is 0 Å². The lowest BCUT2D eigenvalue weighted by Gasteiger charge is -2.58. The first-order valence-corrected chi connectivity index (χ1v) is 26.9. The van der Waals surface area contributed by atoms with Crippen molar-refractivity contribution in [2.24, 2.45) is 0 Å². The van der Waals surface area contributed by atoms with E-state index in [0.29, 0.717) is 1.93 Å². The highest BCUT2D eigenvalue weighted by atomic mass is 127. The van der Waals surface area contributed by atoms with Crippen LogP contribution in [0.2, 0.25) is 0 Å². The first kappa shape index (κ1) is 44.3. The van der Waals surface area contributed by atoms with Crippen molar-refractivity contribution in [2.75, 3.05) is 0 Å². The van der Waals surface area contributed by atoms with Crippen LogP contribution in [0.5, 0.6) is 0 Å². The van der Waals surface area contributed by atoms with Crippen molar-refractivity contribution in [1.82, 2.24) is 0 Å². The summed E-state index contributed by atoms with van der Waals surface area (Å²) in [5, 5.41) is 0. The molecule has 2 nitrogen and oxygen atoms in total. The van der Waals surface area contributed by atoms with E-state index in [4.69, 9.17) is 3.07 Å². The van der Waals surface area contributed by atoms with Crippen molar-refractivity contribution >= 4 is 436 Å². The molecule has 0 saturated carbocycles. The van der Waals surface area contributed by atoms with Crippen LogP contribution in [-0.4, -0.2) is 19.3 Å². The Bertz CT molecular complexity index is 679. The van der Waals surface area contributed by atoms with Crippen LogP contribution < -0.4 is 0 Å². The quantitative estimate of drug-likeness (QED) is 0.170. The van der Waals surface area contributed by atoms with Gasteiger partial charge in [-0.3, -0.25) is 0 Å². The van der Waals surface area contributed by atoms with E-state index < -0.39 is 2.86 Å². The SMILES string of the molecule is O=C(OI)C(I)(I)C(I)(I)C(I)(I)C(I)(I)C(I)(I)C(I)(I)C(I)(I)C(I)(I)C(I)I. The van der Waals surface area contributed by atoms with Gasteiger partial charge in [0.15, 0.2) is 24.4 Å². The van der Waals surface area contributed by atoms with E-state index in [-0.39, 0.29) is 14.5 Å². The van der Waals surface area contributed by atoms with Crippen LogP contribution in [0.15, 0.2) is 0 Å². The van der Waals surface area contributed by atoms with E-state index in [1.54, 1.807) is 23.0 Å². The van der Waals surface area contributed by atoms with Crippen molar-refractivity contribution < 1.29 is 7.86 Å². The summed E-state index contributed by atoms with van der Waals surface area (Å²) in [6, 6.07) is 0. The predicted molar refractivity (Wildman–Crippen MR) is 298 cm³/mol. The molecule has 0 aliphatic rings. The highest BCUT2D eigenvalue weighted by Crippen LogP contribution is 2.79. The Balaban J connectivity index is 6.87. The molecule has 0 N–H and O–H groups in total. The fraction of sp³-hybridized carbons (Fsp3) is 0.900. The Morgan fingerprint density at radius 3 is 1.03 bits per heavy atom. The second-order valence-electron chi connectivity index (χ2n) is 5.31. The number of hydrogen-bond donors (Lipinski definition) is 0. The zero-order chi connectivity index (χ0) is 25.9. The number of hydrogen-bond acceptors (Lipinski definition) is 2. The summed E-state index contributed by atoms with van der Waals surface area (Å²) in [5.74, 6) is -0.226. The number of carbonyl (C=O) groups is 1. The largest absolute Gasteiger partial charge is 0.393 e. The summed E-state index contributed by atoms with van der Waals surface area (Å²) >= 11 is 47.9. The lowest BCUT2D eigenvalue weighted by molar-refractivity contribution is -0.130. The van der Waals surface area contributed by atoms with Gasteiger partial charge in [0.1, 0.15) is 10.00 Å². The molecule has 0 unspecified atom stereocenters. The van der Waals surface area contributed by atoms with Crippen molar-refractivity contribution in [3.05, 3.63) is 0 Å². The molecule has 0 amide bonds. The van der Waals surface area contributed by atoms with Gasteiger partial charge in [-0.1, -0.05) is 407 Å². The molecule has 0 radical (unpaired) electrons. The normalized spacial score (nSPS) is 16.0. The molecule has 0 aliphatic heterocycles. The van der Waals surface area contributed by atoms with E-state index in [9.17, 15) is 4.79 Å². The standard InChI is InChI=1S/C10HI19O2/c11-1(12)3(13,14)5(17,18)7(21,22)9(25,26)10(27,28)8(23,24)6(19,20)4(15,16)2(30)31-29/h1H. The van der Waals surface area contributed by atoms with Gasteiger partial charge >= 0.3 is 5.97 Å². The maximum absolute atomic E-state index is 12.8. The zero-order valence-electron chi connectivity index (χ0n) is 13.1.